The van der Waals surface area contributed by atoms with Crippen LogP contribution in [0.2, 0.25) is 0 Å². The molecule has 0 aromatic carbocycles. The van der Waals surface area contributed by atoms with Crippen LogP contribution in [0.25, 0.3) is 0 Å². The Labute approximate surface area is 104 Å². The molecule has 5 nitrogen and oxygen atoms in total. The lowest BCUT2D eigenvalue weighted by molar-refractivity contribution is 0.182. The van der Waals surface area contributed by atoms with Crippen LogP contribution in [-0.2, 0) is 10.2 Å². The maximum Gasteiger partial charge on any atom is 0.279 e. The SMILES string of the molecule is CC(O)CCCNS(=O)(=O)N1CCC(C)CC1. The van der Waals surface area contributed by atoms with Gasteiger partial charge in [-0.05, 0) is 38.5 Å². The summed E-state index contributed by atoms with van der Waals surface area (Å²) in [5, 5.41) is 9.07. The Bertz CT molecular complexity index is 309. The lowest BCUT2D eigenvalue weighted by Gasteiger charge is -2.29. The molecule has 0 saturated carbocycles. The zero-order chi connectivity index (χ0) is 12.9. The molecule has 102 valence electrons. The second-order valence-electron chi connectivity index (χ2n) is 4.97. The molecule has 2 N–H and O–H groups in total. The van der Waals surface area contributed by atoms with E-state index in [0.29, 0.717) is 38.4 Å². The van der Waals surface area contributed by atoms with Crippen molar-refractivity contribution in [2.24, 2.45) is 5.92 Å². The molecule has 0 amide bonds. The Morgan fingerprint density at radius 3 is 2.53 bits per heavy atom. The molecule has 0 radical (unpaired) electrons. The Kier molecular flexibility index (Phi) is 5.85. The molecule has 1 fully saturated rings. The fourth-order valence-corrected chi connectivity index (χ4v) is 3.19. The second kappa shape index (κ2) is 6.68. The van der Waals surface area contributed by atoms with Crippen molar-refractivity contribution in [2.45, 2.75) is 45.6 Å². The summed E-state index contributed by atoms with van der Waals surface area (Å²) in [5.74, 6) is 0.622. The number of nitrogens with zero attached hydrogens (tertiary/aromatic N) is 1. The summed E-state index contributed by atoms with van der Waals surface area (Å²) in [7, 11) is -3.30. The Hall–Kier alpha value is -0.170. The molecule has 0 bridgehead atoms. The highest BCUT2D eigenvalue weighted by Crippen LogP contribution is 2.17. The predicted molar refractivity (Wildman–Crippen MR) is 67.8 cm³/mol. The minimum atomic E-state index is -3.30. The minimum absolute atomic E-state index is 0.365. The number of nitrogens with one attached hydrogen (secondary N) is 1. The summed E-state index contributed by atoms with van der Waals surface area (Å²) >= 11 is 0. The zero-order valence-corrected chi connectivity index (χ0v) is 11.5. The van der Waals surface area contributed by atoms with Crippen LogP contribution in [0.5, 0.6) is 0 Å². The van der Waals surface area contributed by atoms with Crippen molar-refractivity contribution in [1.29, 1.82) is 0 Å². The van der Waals surface area contributed by atoms with Crippen LogP contribution in [0.15, 0.2) is 0 Å². The summed E-state index contributed by atoms with van der Waals surface area (Å²) in [6.07, 6.45) is 2.81. The number of aliphatic hydroxyl groups excluding tert-OH is 1. The largest absolute Gasteiger partial charge is 0.393 e. The van der Waals surface area contributed by atoms with Gasteiger partial charge in [0, 0.05) is 19.6 Å². The van der Waals surface area contributed by atoms with Gasteiger partial charge in [-0.1, -0.05) is 6.92 Å². The van der Waals surface area contributed by atoms with Crippen molar-refractivity contribution >= 4 is 10.2 Å². The lowest BCUT2D eigenvalue weighted by Crippen LogP contribution is -2.45. The van der Waals surface area contributed by atoms with E-state index in [-0.39, 0.29) is 6.10 Å². The first-order valence-corrected chi connectivity index (χ1v) is 7.78. The number of hydrogen-bond acceptors (Lipinski definition) is 3. The normalized spacial score (nSPS) is 21.6. The molecule has 1 rings (SSSR count). The average Bonchev–Trinajstić information content (AvgIpc) is 2.25. The van der Waals surface area contributed by atoms with E-state index in [1.54, 1.807) is 6.92 Å². The molecule has 0 aliphatic carbocycles. The highest BCUT2D eigenvalue weighted by atomic mass is 32.2. The summed E-state index contributed by atoms with van der Waals surface area (Å²) < 4.78 is 27.9. The molecule has 17 heavy (non-hydrogen) atoms. The molecule has 1 unspecified atom stereocenters. The first-order valence-electron chi connectivity index (χ1n) is 6.34. The topological polar surface area (TPSA) is 69.6 Å². The van der Waals surface area contributed by atoms with Gasteiger partial charge in [0.1, 0.15) is 0 Å². The zero-order valence-electron chi connectivity index (χ0n) is 10.7. The molecule has 1 saturated heterocycles. The molecule has 0 aromatic heterocycles. The molecular weight excluding hydrogens is 240 g/mol. The maximum absolute atomic E-state index is 11.9. The lowest BCUT2D eigenvalue weighted by atomic mass is 10.0. The third kappa shape index (κ3) is 5.33. The summed E-state index contributed by atoms with van der Waals surface area (Å²) in [4.78, 5) is 0. The fraction of sp³-hybridized carbons (Fsp3) is 1.00. The standard InChI is InChI=1S/C11H24N2O3S/c1-10-5-8-13(9-6-10)17(15,16)12-7-3-4-11(2)14/h10-12,14H,3-9H2,1-2H3. The van der Waals surface area contributed by atoms with Crippen LogP contribution >= 0.6 is 0 Å². The van der Waals surface area contributed by atoms with Crippen molar-refractivity contribution in [3.63, 3.8) is 0 Å². The van der Waals surface area contributed by atoms with Crippen LogP contribution in [0.1, 0.15) is 39.5 Å². The Balaban J connectivity index is 2.30. The Morgan fingerprint density at radius 1 is 1.41 bits per heavy atom. The van der Waals surface area contributed by atoms with E-state index >= 15 is 0 Å². The maximum atomic E-state index is 11.9. The number of rotatable bonds is 6. The van der Waals surface area contributed by atoms with E-state index in [2.05, 4.69) is 11.6 Å². The summed E-state index contributed by atoms with van der Waals surface area (Å²) in [5.41, 5.74) is 0. The van der Waals surface area contributed by atoms with Crippen molar-refractivity contribution in [3.8, 4) is 0 Å². The van der Waals surface area contributed by atoms with Crippen molar-refractivity contribution in [1.82, 2.24) is 9.03 Å². The molecule has 1 atom stereocenters. The van der Waals surface area contributed by atoms with Gasteiger partial charge in [-0.2, -0.15) is 12.7 Å². The third-order valence-electron chi connectivity index (χ3n) is 3.17. The smallest absolute Gasteiger partial charge is 0.279 e. The van der Waals surface area contributed by atoms with E-state index in [1.165, 1.54) is 4.31 Å². The van der Waals surface area contributed by atoms with Gasteiger partial charge in [0.25, 0.3) is 10.2 Å². The van der Waals surface area contributed by atoms with Gasteiger partial charge in [-0.3, -0.25) is 0 Å². The van der Waals surface area contributed by atoms with E-state index in [4.69, 9.17) is 5.11 Å². The first kappa shape index (κ1) is 14.9. The summed E-state index contributed by atoms with van der Waals surface area (Å²) in [6.45, 7) is 5.50. The van der Waals surface area contributed by atoms with E-state index in [1.807, 2.05) is 0 Å². The van der Waals surface area contributed by atoms with Gasteiger partial charge in [0.15, 0.2) is 0 Å². The van der Waals surface area contributed by atoms with Gasteiger partial charge in [0.2, 0.25) is 0 Å². The first-order chi connectivity index (χ1) is 7.92. The van der Waals surface area contributed by atoms with E-state index < -0.39 is 10.2 Å². The third-order valence-corrected chi connectivity index (χ3v) is 4.78. The number of piperidine rings is 1. The van der Waals surface area contributed by atoms with Crippen LogP contribution in [0, 0.1) is 5.92 Å². The van der Waals surface area contributed by atoms with Gasteiger partial charge >= 0.3 is 0 Å². The van der Waals surface area contributed by atoms with Crippen LogP contribution in [0.3, 0.4) is 0 Å². The van der Waals surface area contributed by atoms with Gasteiger partial charge in [-0.25, -0.2) is 4.72 Å². The molecule has 0 spiro atoms. The molecule has 0 aromatic rings. The van der Waals surface area contributed by atoms with Crippen LogP contribution in [-0.4, -0.2) is 43.6 Å². The van der Waals surface area contributed by atoms with Crippen LogP contribution < -0.4 is 4.72 Å². The van der Waals surface area contributed by atoms with E-state index in [9.17, 15) is 8.42 Å². The fourth-order valence-electron chi connectivity index (χ4n) is 1.92. The second-order valence-corrected chi connectivity index (χ2v) is 6.73. The minimum Gasteiger partial charge on any atom is -0.393 e. The summed E-state index contributed by atoms with van der Waals surface area (Å²) in [6, 6.07) is 0. The number of hydrogen-bond donors (Lipinski definition) is 2. The Morgan fingerprint density at radius 2 is 2.00 bits per heavy atom. The van der Waals surface area contributed by atoms with Crippen LogP contribution in [0.4, 0.5) is 0 Å². The molecule has 1 aliphatic rings. The van der Waals surface area contributed by atoms with Gasteiger partial charge in [0.05, 0.1) is 6.10 Å². The van der Waals surface area contributed by atoms with Crippen molar-refractivity contribution in [2.75, 3.05) is 19.6 Å². The quantitative estimate of drug-likeness (QED) is 0.694. The van der Waals surface area contributed by atoms with Gasteiger partial charge < -0.3 is 5.11 Å². The molecule has 1 aliphatic heterocycles. The van der Waals surface area contributed by atoms with Crippen molar-refractivity contribution < 1.29 is 13.5 Å². The predicted octanol–water partition coefficient (Wildman–Crippen LogP) is 0.714. The number of aliphatic hydroxyl groups is 1. The van der Waals surface area contributed by atoms with E-state index in [0.717, 1.165) is 12.8 Å². The molecule has 1 heterocycles. The monoisotopic (exact) mass is 264 g/mol. The highest BCUT2D eigenvalue weighted by molar-refractivity contribution is 7.87. The highest BCUT2D eigenvalue weighted by Gasteiger charge is 2.25. The molecule has 6 heteroatoms. The van der Waals surface area contributed by atoms with Crippen molar-refractivity contribution in [3.05, 3.63) is 0 Å². The van der Waals surface area contributed by atoms with Gasteiger partial charge in [-0.15, -0.1) is 0 Å². The average molecular weight is 264 g/mol. The molecular formula is C11H24N2O3S.